The topological polar surface area (TPSA) is 110 Å². The van der Waals surface area contributed by atoms with Crippen LogP contribution in [-0.2, 0) is 20.9 Å². The molecule has 1 aliphatic carbocycles. The Labute approximate surface area is 162 Å². The van der Waals surface area contributed by atoms with E-state index in [9.17, 15) is 14.4 Å². The summed E-state index contributed by atoms with van der Waals surface area (Å²) in [5, 5.41) is 6.89. The molecule has 1 saturated heterocycles. The molecule has 2 unspecified atom stereocenters. The summed E-state index contributed by atoms with van der Waals surface area (Å²) in [5.74, 6) is -0.195. The lowest BCUT2D eigenvalue weighted by atomic mass is 9.81. The van der Waals surface area contributed by atoms with Crippen molar-refractivity contribution in [1.82, 2.24) is 30.0 Å². The van der Waals surface area contributed by atoms with Crippen molar-refractivity contribution in [3.05, 3.63) is 36.5 Å². The first-order valence-electron chi connectivity index (χ1n) is 9.56. The van der Waals surface area contributed by atoms with Crippen LogP contribution in [0.1, 0.15) is 37.7 Å². The van der Waals surface area contributed by atoms with E-state index in [-0.39, 0.29) is 49.1 Å². The molecule has 2 fully saturated rings. The van der Waals surface area contributed by atoms with E-state index < -0.39 is 0 Å². The minimum atomic E-state index is -0.219. The van der Waals surface area contributed by atoms with Gasteiger partial charge in [-0.05, 0) is 18.9 Å². The van der Waals surface area contributed by atoms with Gasteiger partial charge in [-0.2, -0.15) is 5.10 Å². The van der Waals surface area contributed by atoms with Crippen LogP contribution in [-0.4, -0.2) is 48.9 Å². The molecule has 2 aromatic rings. The van der Waals surface area contributed by atoms with Crippen LogP contribution in [0.15, 0.2) is 31.0 Å². The summed E-state index contributed by atoms with van der Waals surface area (Å²) in [4.78, 5) is 46.7. The van der Waals surface area contributed by atoms with E-state index >= 15 is 0 Å². The maximum absolute atomic E-state index is 12.5. The van der Waals surface area contributed by atoms with Crippen LogP contribution in [0.3, 0.4) is 0 Å². The highest BCUT2D eigenvalue weighted by Crippen LogP contribution is 2.37. The Morgan fingerprint density at radius 1 is 1.18 bits per heavy atom. The van der Waals surface area contributed by atoms with Crippen molar-refractivity contribution in [2.45, 2.75) is 38.6 Å². The number of imide groups is 1. The van der Waals surface area contributed by atoms with Crippen LogP contribution in [0.4, 0.5) is 0 Å². The molecule has 4 rings (SSSR count). The Morgan fingerprint density at radius 2 is 1.93 bits per heavy atom. The lowest BCUT2D eigenvalue weighted by Crippen LogP contribution is -2.35. The van der Waals surface area contributed by atoms with Gasteiger partial charge in [-0.1, -0.05) is 18.9 Å². The summed E-state index contributed by atoms with van der Waals surface area (Å²) in [6.45, 7) is 0.411. The molecular formula is C19H22N6O3. The van der Waals surface area contributed by atoms with Crippen molar-refractivity contribution in [2.75, 3.05) is 6.54 Å². The largest absolute Gasteiger partial charge is 0.352 e. The molecule has 1 N–H and O–H groups in total. The first-order valence-corrected chi connectivity index (χ1v) is 9.56. The highest BCUT2D eigenvalue weighted by Gasteiger charge is 2.47. The van der Waals surface area contributed by atoms with E-state index in [0.717, 1.165) is 31.2 Å². The van der Waals surface area contributed by atoms with Gasteiger partial charge >= 0.3 is 0 Å². The Balaban J connectivity index is 1.32. The molecule has 3 amide bonds. The summed E-state index contributed by atoms with van der Waals surface area (Å²) in [6, 6.07) is 3.63. The van der Waals surface area contributed by atoms with Gasteiger partial charge in [0, 0.05) is 31.3 Å². The zero-order valence-electron chi connectivity index (χ0n) is 15.5. The molecule has 0 aromatic carbocycles. The third-order valence-electron chi connectivity index (χ3n) is 5.47. The molecule has 146 valence electrons. The lowest BCUT2D eigenvalue weighted by molar-refractivity contribution is -0.140. The van der Waals surface area contributed by atoms with Crippen molar-refractivity contribution in [3.8, 4) is 5.82 Å². The van der Waals surface area contributed by atoms with E-state index in [4.69, 9.17) is 0 Å². The first kappa shape index (κ1) is 18.3. The second kappa shape index (κ2) is 7.87. The fourth-order valence-electron chi connectivity index (χ4n) is 4.04. The SMILES string of the molecule is O=C(CCN1C(=O)C2CCCCC2C1=O)NCc1cccnc1-n1cncn1. The molecule has 9 nitrogen and oxygen atoms in total. The van der Waals surface area contributed by atoms with E-state index in [0.29, 0.717) is 5.82 Å². The maximum atomic E-state index is 12.5. The normalized spacial score (nSPS) is 21.6. The molecule has 9 heteroatoms. The molecule has 0 radical (unpaired) electrons. The quantitative estimate of drug-likeness (QED) is 0.742. The number of carbonyl (C=O) groups is 3. The fourth-order valence-corrected chi connectivity index (χ4v) is 4.04. The summed E-state index contributed by atoms with van der Waals surface area (Å²) in [7, 11) is 0. The number of hydrogen-bond acceptors (Lipinski definition) is 6. The van der Waals surface area contributed by atoms with Crippen LogP contribution in [0, 0.1) is 11.8 Å². The van der Waals surface area contributed by atoms with Crippen molar-refractivity contribution < 1.29 is 14.4 Å². The van der Waals surface area contributed by atoms with Gasteiger partial charge in [0.1, 0.15) is 12.7 Å². The lowest BCUT2D eigenvalue weighted by Gasteiger charge is -2.19. The minimum Gasteiger partial charge on any atom is -0.352 e. The number of aromatic nitrogens is 4. The zero-order chi connectivity index (χ0) is 19.5. The van der Waals surface area contributed by atoms with E-state index in [2.05, 4.69) is 20.4 Å². The minimum absolute atomic E-state index is 0.0931. The number of rotatable bonds is 6. The van der Waals surface area contributed by atoms with Crippen molar-refractivity contribution >= 4 is 17.7 Å². The van der Waals surface area contributed by atoms with E-state index in [1.807, 2.05) is 6.07 Å². The summed E-state index contributed by atoms with van der Waals surface area (Å²) >= 11 is 0. The zero-order valence-corrected chi connectivity index (χ0v) is 15.5. The molecule has 2 atom stereocenters. The molecule has 1 saturated carbocycles. The average molecular weight is 382 g/mol. The van der Waals surface area contributed by atoms with Gasteiger partial charge in [0.2, 0.25) is 17.7 Å². The Hall–Kier alpha value is -3.10. The second-order valence-corrected chi connectivity index (χ2v) is 7.18. The molecule has 3 heterocycles. The van der Waals surface area contributed by atoms with Crippen LogP contribution in [0.25, 0.3) is 5.82 Å². The predicted molar refractivity (Wildman–Crippen MR) is 97.8 cm³/mol. The maximum Gasteiger partial charge on any atom is 0.233 e. The van der Waals surface area contributed by atoms with Crippen LogP contribution in [0.2, 0.25) is 0 Å². The number of nitrogens with zero attached hydrogens (tertiary/aromatic N) is 5. The molecule has 1 aliphatic heterocycles. The number of nitrogens with one attached hydrogen (secondary N) is 1. The van der Waals surface area contributed by atoms with Gasteiger partial charge in [-0.3, -0.25) is 19.3 Å². The van der Waals surface area contributed by atoms with Gasteiger partial charge in [0.25, 0.3) is 0 Å². The fraction of sp³-hybridized carbons (Fsp3) is 0.474. The van der Waals surface area contributed by atoms with Gasteiger partial charge in [0.05, 0.1) is 11.8 Å². The molecule has 0 bridgehead atoms. The van der Waals surface area contributed by atoms with Crippen LogP contribution < -0.4 is 5.32 Å². The third kappa shape index (κ3) is 3.51. The average Bonchev–Trinajstić information content (AvgIpc) is 3.34. The Kier molecular flexibility index (Phi) is 5.14. The van der Waals surface area contributed by atoms with Gasteiger partial charge in [-0.25, -0.2) is 14.6 Å². The third-order valence-corrected chi connectivity index (χ3v) is 5.47. The predicted octanol–water partition coefficient (Wildman–Crippen LogP) is 0.844. The van der Waals surface area contributed by atoms with Gasteiger partial charge in [0.15, 0.2) is 5.82 Å². The molecule has 2 aromatic heterocycles. The highest BCUT2D eigenvalue weighted by molar-refractivity contribution is 6.05. The number of carbonyl (C=O) groups excluding carboxylic acids is 3. The molecule has 0 spiro atoms. The molecule has 2 aliphatic rings. The monoisotopic (exact) mass is 382 g/mol. The highest BCUT2D eigenvalue weighted by atomic mass is 16.2. The number of hydrogen-bond donors (Lipinski definition) is 1. The van der Waals surface area contributed by atoms with Crippen molar-refractivity contribution in [1.29, 1.82) is 0 Å². The van der Waals surface area contributed by atoms with E-state index in [1.165, 1.54) is 22.2 Å². The van der Waals surface area contributed by atoms with E-state index in [1.54, 1.807) is 12.3 Å². The van der Waals surface area contributed by atoms with Crippen molar-refractivity contribution in [2.24, 2.45) is 11.8 Å². The van der Waals surface area contributed by atoms with Crippen LogP contribution >= 0.6 is 0 Å². The number of amides is 3. The number of pyridine rings is 1. The van der Waals surface area contributed by atoms with Gasteiger partial charge < -0.3 is 5.32 Å². The Morgan fingerprint density at radius 3 is 2.61 bits per heavy atom. The smallest absolute Gasteiger partial charge is 0.233 e. The number of likely N-dealkylation sites (tertiary alicyclic amines) is 1. The summed E-state index contributed by atoms with van der Waals surface area (Å²) < 4.78 is 1.53. The summed E-state index contributed by atoms with van der Waals surface area (Å²) in [6.07, 6.45) is 8.24. The standard InChI is InChI=1S/C19H22N6O3/c26-16(7-9-24-18(27)14-5-1-2-6-15(14)19(24)28)22-10-13-4-3-8-21-17(13)25-12-20-11-23-25/h3-4,8,11-12,14-15H,1-2,5-7,9-10H2,(H,22,26). The number of fused-ring (bicyclic) bond motifs is 1. The summed E-state index contributed by atoms with van der Waals surface area (Å²) in [5.41, 5.74) is 0.792. The second-order valence-electron chi connectivity index (χ2n) is 7.18. The van der Waals surface area contributed by atoms with Crippen LogP contribution in [0.5, 0.6) is 0 Å². The molecular weight excluding hydrogens is 360 g/mol. The first-order chi connectivity index (χ1) is 13.6. The van der Waals surface area contributed by atoms with Gasteiger partial charge in [-0.15, -0.1) is 0 Å². The Bertz CT molecular complexity index is 858. The van der Waals surface area contributed by atoms with Crippen molar-refractivity contribution in [3.63, 3.8) is 0 Å². The molecule has 28 heavy (non-hydrogen) atoms.